The fraction of sp³-hybridized carbons (Fsp3) is 0.643. The van der Waals surface area contributed by atoms with Gasteiger partial charge >= 0.3 is 6.09 Å². The molecule has 0 aliphatic carbocycles. The van der Waals surface area contributed by atoms with Gasteiger partial charge < -0.3 is 15.4 Å². The number of carbonyl (C=O) groups excluding carboxylic acids is 1. The normalized spacial score (nSPS) is 14.6. The van der Waals surface area contributed by atoms with Gasteiger partial charge in [-0.2, -0.15) is 0 Å². The fourth-order valence-corrected chi connectivity index (χ4v) is 3.32. The van der Waals surface area contributed by atoms with E-state index >= 15 is 0 Å². The molecule has 7 heteroatoms. The molecule has 21 heavy (non-hydrogen) atoms. The average Bonchev–Trinajstić information content (AvgIpc) is 2.62. The molecule has 0 aliphatic rings. The van der Waals surface area contributed by atoms with Crippen LogP contribution in [-0.2, 0) is 4.74 Å². The third-order valence-electron chi connectivity index (χ3n) is 2.64. The molecule has 0 saturated heterocycles. The van der Waals surface area contributed by atoms with Crippen LogP contribution in [0.25, 0.3) is 0 Å². The van der Waals surface area contributed by atoms with Crippen LogP contribution in [0.4, 0.5) is 4.79 Å². The number of hydrogen-bond donors (Lipinski definition) is 2. The van der Waals surface area contributed by atoms with Crippen LogP contribution < -0.4 is 10.6 Å². The van der Waals surface area contributed by atoms with Crippen molar-refractivity contribution in [2.75, 3.05) is 6.54 Å². The summed E-state index contributed by atoms with van der Waals surface area (Å²) in [4.78, 5) is 11.6. The molecular weight excluding hydrogens is 331 g/mol. The van der Waals surface area contributed by atoms with Gasteiger partial charge in [-0.15, -0.1) is 11.3 Å². The maximum absolute atomic E-state index is 11.6. The van der Waals surface area contributed by atoms with Gasteiger partial charge in [-0.1, -0.05) is 23.2 Å². The highest BCUT2D eigenvalue weighted by Crippen LogP contribution is 2.34. The third-order valence-corrected chi connectivity index (χ3v) is 4.16. The summed E-state index contributed by atoms with van der Waals surface area (Å²) in [6, 6.07) is 1.86. The second-order valence-corrected chi connectivity index (χ2v) is 8.24. The van der Waals surface area contributed by atoms with Gasteiger partial charge in [-0.25, -0.2) is 4.79 Å². The monoisotopic (exact) mass is 352 g/mol. The smallest absolute Gasteiger partial charge is 0.407 e. The predicted octanol–water partition coefficient (Wildman–Crippen LogP) is 4.62. The molecule has 0 saturated carbocycles. The van der Waals surface area contributed by atoms with E-state index in [1.807, 2.05) is 40.7 Å². The van der Waals surface area contributed by atoms with Crippen molar-refractivity contribution in [3.63, 3.8) is 0 Å². The standard InChI is InChI=1S/C14H22Cl2N2O2S/c1-8(18-13(19)20-14(3,4)5)7-17-9(2)10-6-11(15)21-12(10)16/h6,8-9,17H,7H2,1-5H3,(H,18,19). The van der Waals surface area contributed by atoms with E-state index in [-0.39, 0.29) is 12.1 Å². The molecule has 0 aliphatic heterocycles. The average molecular weight is 353 g/mol. The highest BCUT2D eigenvalue weighted by Gasteiger charge is 2.18. The molecule has 1 aromatic rings. The van der Waals surface area contributed by atoms with Crippen LogP contribution in [0.3, 0.4) is 0 Å². The number of alkyl carbamates (subject to hydrolysis) is 1. The van der Waals surface area contributed by atoms with Crippen molar-refractivity contribution in [1.29, 1.82) is 0 Å². The number of thiophene rings is 1. The van der Waals surface area contributed by atoms with E-state index in [9.17, 15) is 4.79 Å². The molecule has 0 aromatic carbocycles. The zero-order valence-corrected chi connectivity index (χ0v) is 15.2. The number of amides is 1. The Morgan fingerprint density at radius 1 is 1.38 bits per heavy atom. The number of hydrogen-bond acceptors (Lipinski definition) is 4. The van der Waals surface area contributed by atoms with Crippen molar-refractivity contribution < 1.29 is 9.53 Å². The Morgan fingerprint density at radius 3 is 2.48 bits per heavy atom. The molecular formula is C14H22Cl2N2O2S. The number of rotatable bonds is 5. The first-order valence-corrected chi connectivity index (χ1v) is 8.33. The molecule has 2 unspecified atom stereocenters. The van der Waals surface area contributed by atoms with E-state index in [2.05, 4.69) is 10.6 Å². The highest BCUT2D eigenvalue weighted by molar-refractivity contribution is 7.20. The summed E-state index contributed by atoms with van der Waals surface area (Å²) < 4.78 is 6.57. The Kier molecular flexibility index (Phi) is 6.78. The maximum atomic E-state index is 11.6. The summed E-state index contributed by atoms with van der Waals surface area (Å²) in [7, 11) is 0. The van der Waals surface area contributed by atoms with E-state index in [1.54, 1.807) is 0 Å². The summed E-state index contributed by atoms with van der Waals surface area (Å²) >= 11 is 13.4. The van der Waals surface area contributed by atoms with E-state index in [1.165, 1.54) is 11.3 Å². The van der Waals surface area contributed by atoms with Crippen LogP contribution in [0.5, 0.6) is 0 Å². The van der Waals surface area contributed by atoms with E-state index in [0.717, 1.165) is 5.56 Å². The molecule has 0 spiro atoms. The van der Waals surface area contributed by atoms with Crippen molar-refractivity contribution in [3.05, 3.63) is 20.3 Å². The van der Waals surface area contributed by atoms with Crippen molar-refractivity contribution in [2.45, 2.75) is 52.3 Å². The van der Waals surface area contributed by atoms with Gasteiger partial charge in [0.05, 0.1) is 8.67 Å². The molecule has 2 N–H and O–H groups in total. The van der Waals surface area contributed by atoms with Crippen molar-refractivity contribution in [1.82, 2.24) is 10.6 Å². The Balaban J connectivity index is 2.41. The molecule has 1 heterocycles. The zero-order valence-electron chi connectivity index (χ0n) is 12.9. The minimum Gasteiger partial charge on any atom is -0.444 e. The number of carbonyl (C=O) groups is 1. The number of nitrogens with one attached hydrogen (secondary N) is 2. The summed E-state index contributed by atoms with van der Waals surface area (Å²) in [6.07, 6.45) is -0.416. The molecule has 0 radical (unpaired) electrons. The molecule has 1 amide bonds. The summed E-state index contributed by atoms with van der Waals surface area (Å²) in [5.41, 5.74) is 0.474. The predicted molar refractivity (Wildman–Crippen MR) is 89.6 cm³/mol. The lowest BCUT2D eigenvalue weighted by Crippen LogP contribution is -2.43. The fourth-order valence-electron chi connectivity index (χ4n) is 1.67. The van der Waals surface area contributed by atoms with E-state index in [4.69, 9.17) is 27.9 Å². The summed E-state index contributed by atoms with van der Waals surface area (Å²) in [5.74, 6) is 0. The van der Waals surface area contributed by atoms with Gasteiger partial charge in [0, 0.05) is 18.6 Å². The second kappa shape index (κ2) is 7.68. The van der Waals surface area contributed by atoms with Gasteiger partial charge in [0.1, 0.15) is 5.60 Å². The Labute approximate surface area is 140 Å². The van der Waals surface area contributed by atoms with Crippen LogP contribution in [0.15, 0.2) is 6.07 Å². The van der Waals surface area contributed by atoms with Gasteiger partial charge in [-0.3, -0.25) is 0 Å². The summed E-state index contributed by atoms with van der Waals surface area (Å²) in [5, 5.41) is 6.10. The zero-order chi connectivity index (χ0) is 16.2. The Morgan fingerprint density at radius 2 is 2.00 bits per heavy atom. The van der Waals surface area contributed by atoms with Crippen LogP contribution in [0.1, 0.15) is 46.2 Å². The van der Waals surface area contributed by atoms with E-state index < -0.39 is 11.7 Å². The lowest BCUT2D eigenvalue weighted by Gasteiger charge is -2.23. The van der Waals surface area contributed by atoms with Crippen molar-refractivity contribution in [3.8, 4) is 0 Å². The van der Waals surface area contributed by atoms with Crippen LogP contribution in [0.2, 0.25) is 8.67 Å². The molecule has 1 aromatic heterocycles. The highest BCUT2D eigenvalue weighted by atomic mass is 35.5. The van der Waals surface area contributed by atoms with Crippen molar-refractivity contribution in [2.24, 2.45) is 0 Å². The minimum atomic E-state index is -0.495. The minimum absolute atomic E-state index is 0.0594. The van der Waals surface area contributed by atoms with Gasteiger partial charge in [-0.05, 0) is 46.2 Å². The largest absolute Gasteiger partial charge is 0.444 e. The molecule has 2 atom stereocenters. The maximum Gasteiger partial charge on any atom is 0.407 e. The van der Waals surface area contributed by atoms with Crippen LogP contribution in [0, 0.1) is 0 Å². The lowest BCUT2D eigenvalue weighted by molar-refractivity contribution is 0.0507. The molecule has 1 rings (SSSR count). The molecule has 4 nitrogen and oxygen atoms in total. The third kappa shape index (κ3) is 6.87. The van der Waals surface area contributed by atoms with Crippen LogP contribution >= 0.6 is 34.5 Å². The Hall–Kier alpha value is -0.490. The summed E-state index contributed by atoms with van der Waals surface area (Å²) in [6.45, 7) is 10.0. The van der Waals surface area contributed by atoms with Crippen molar-refractivity contribution >= 4 is 40.6 Å². The number of halogens is 2. The first-order chi connectivity index (χ1) is 9.58. The first kappa shape index (κ1) is 18.6. The van der Waals surface area contributed by atoms with E-state index in [0.29, 0.717) is 15.2 Å². The topological polar surface area (TPSA) is 50.4 Å². The van der Waals surface area contributed by atoms with Gasteiger partial charge in [0.2, 0.25) is 0 Å². The second-order valence-electron chi connectivity index (χ2n) is 5.96. The Bertz CT molecular complexity index is 486. The molecule has 120 valence electrons. The molecule has 0 fully saturated rings. The SMILES string of the molecule is CC(CNC(C)c1cc(Cl)sc1Cl)NC(=O)OC(C)(C)C. The quantitative estimate of drug-likeness (QED) is 0.812. The first-order valence-electron chi connectivity index (χ1n) is 6.76. The van der Waals surface area contributed by atoms with Crippen LogP contribution in [-0.4, -0.2) is 24.3 Å². The lowest BCUT2D eigenvalue weighted by atomic mass is 10.2. The van der Waals surface area contributed by atoms with Gasteiger partial charge in [0.15, 0.2) is 0 Å². The van der Waals surface area contributed by atoms with Gasteiger partial charge in [0.25, 0.3) is 0 Å². The number of ether oxygens (including phenoxy) is 1. The molecule has 0 bridgehead atoms.